The third-order valence-electron chi connectivity index (χ3n) is 12.4. The third-order valence-corrected chi connectivity index (χ3v) is 15.2. The summed E-state index contributed by atoms with van der Waals surface area (Å²) in [5.74, 6) is -0.146. The Morgan fingerprint density at radius 3 is 2.37 bits per heavy atom. The molecule has 0 saturated carbocycles. The van der Waals surface area contributed by atoms with Crippen LogP contribution in [0.25, 0.3) is 11.1 Å². The van der Waals surface area contributed by atoms with Gasteiger partial charge in [-0.05, 0) is 110 Å². The van der Waals surface area contributed by atoms with Crippen LogP contribution in [0.1, 0.15) is 48.2 Å². The summed E-state index contributed by atoms with van der Waals surface area (Å²) >= 11 is 7.83. The molecule has 3 heterocycles. The molecule has 16 heteroatoms. The number of piperazine rings is 2. The summed E-state index contributed by atoms with van der Waals surface area (Å²) in [5.41, 5.74) is 9.19. The molecule has 13 nitrogen and oxygen atoms in total. The van der Waals surface area contributed by atoms with Crippen LogP contribution in [-0.4, -0.2) is 110 Å². The number of sulfonamides is 1. The maximum absolute atomic E-state index is 13.7. The average molecular weight is 938 g/mol. The van der Waals surface area contributed by atoms with Crippen LogP contribution in [0.15, 0.2) is 125 Å². The zero-order valence-electron chi connectivity index (χ0n) is 36.9. The SMILES string of the molecule is CC(C)NN1CCN(CC[C@H](CSc2ccccc2)Nc2ccc(S(=O)(=O)NC(=O)c3ccc4c(c3)CC[C@@H]3CN(Cc5ccccc5-c5ccc(Cl)cc5)CCN43)cc2[N+](=O)[O-])CC1. The average Bonchev–Trinajstić information content (AvgIpc) is 3.30. The maximum Gasteiger partial charge on any atom is 0.293 e. The fraction of sp³-hybridized carbons (Fsp3) is 0.367. The highest BCUT2D eigenvalue weighted by molar-refractivity contribution is 7.99. The quantitative estimate of drug-likeness (QED) is 0.0471. The zero-order valence-corrected chi connectivity index (χ0v) is 39.3. The van der Waals surface area contributed by atoms with Gasteiger partial charge in [0.25, 0.3) is 21.6 Å². The number of aryl methyl sites for hydroxylation is 1. The first kappa shape index (κ1) is 46.5. The van der Waals surface area contributed by atoms with Crippen LogP contribution in [-0.2, 0) is 23.0 Å². The van der Waals surface area contributed by atoms with E-state index in [-0.39, 0.29) is 27.9 Å². The van der Waals surface area contributed by atoms with Crippen molar-refractivity contribution in [3.05, 3.63) is 147 Å². The van der Waals surface area contributed by atoms with Gasteiger partial charge in [-0.3, -0.25) is 25.2 Å². The lowest BCUT2D eigenvalue weighted by atomic mass is 9.92. The van der Waals surface area contributed by atoms with E-state index >= 15 is 0 Å². The Labute approximate surface area is 391 Å². The molecule has 342 valence electrons. The van der Waals surface area contributed by atoms with Crippen molar-refractivity contribution in [3.8, 4) is 11.1 Å². The minimum absolute atomic E-state index is 0.153. The molecule has 5 aromatic carbocycles. The molecule has 8 rings (SSSR count). The number of fused-ring (bicyclic) bond motifs is 3. The minimum atomic E-state index is -4.46. The van der Waals surface area contributed by atoms with Gasteiger partial charge in [-0.15, -0.1) is 11.8 Å². The Morgan fingerprint density at radius 2 is 1.62 bits per heavy atom. The Bertz CT molecular complexity index is 2560. The molecule has 0 aliphatic carbocycles. The number of anilines is 2. The topological polar surface area (TPSA) is 143 Å². The Kier molecular flexibility index (Phi) is 15.1. The molecule has 0 unspecified atom stereocenters. The van der Waals surface area contributed by atoms with Gasteiger partial charge in [-0.2, -0.15) is 0 Å². The van der Waals surface area contributed by atoms with Crippen LogP contribution in [0.3, 0.4) is 0 Å². The second-order valence-electron chi connectivity index (χ2n) is 17.4. The number of nitrogens with zero attached hydrogens (tertiary/aromatic N) is 5. The number of hydrazine groups is 1. The highest BCUT2D eigenvalue weighted by Gasteiger charge is 2.33. The van der Waals surface area contributed by atoms with E-state index in [9.17, 15) is 23.3 Å². The lowest BCUT2D eigenvalue weighted by molar-refractivity contribution is -0.384. The van der Waals surface area contributed by atoms with Gasteiger partial charge in [-0.25, -0.2) is 18.1 Å². The van der Waals surface area contributed by atoms with E-state index in [4.69, 9.17) is 11.6 Å². The van der Waals surface area contributed by atoms with E-state index in [0.29, 0.717) is 22.9 Å². The Balaban J connectivity index is 0.903. The number of carbonyl (C=O) groups excluding carboxylic acids is 1. The van der Waals surface area contributed by atoms with Gasteiger partial charge in [0.1, 0.15) is 5.69 Å². The number of benzene rings is 5. The first-order valence-corrected chi connectivity index (χ1v) is 25.2. The molecule has 3 aliphatic rings. The first-order chi connectivity index (χ1) is 31.4. The third kappa shape index (κ3) is 11.9. The number of rotatable bonds is 17. The molecule has 0 aromatic heterocycles. The fourth-order valence-electron chi connectivity index (χ4n) is 9.09. The van der Waals surface area contributed by atoms with Crippen molar-refractivity contribution in [2.75, 3.05) is 68.3 Å². The smallest absolute Gasteiger partial charge is 0.293 e. The second kappa shape index (κ2) is 21.1. The van der Waals surface area contributed by atoms with Crippen LogP contribution in [0.5, 0.6) is 0 Å². The van der Waals surface area contributed by atoms with E-state index in [1.54, 1.807) is 23.9 Å². The van der Waals surface area contributed by atoms with Crippen molar-refractivity contribution in [2.45, 2.75) is 67.6 Å². The number of amides is 1. The molecule has 2 fully saturated rings. The molecule has 3 N–H and O–H groups in total. The van der Waals surface area contributed by atoms with Crippen LogP contribution < -0.4 is 20.4 Å². The number of thioether (sulfide) groups is 1. The van der Waals surface area contributed by atoms with Crippen LogP contribution in [0.2, 0.25) is 5.02 Å². The van der Waals surface area contributed by atoms with E-state index in [2.05, 4.69) is 85.4 Å². The maximum atomic E-state index is 13.7. The second-order valence-corrected chi connectivity index (χ2v) is 20.6. The van der Waals surface area contributed by atoms with Crippen molar-refractivity contribution in [1.29, 1.82) is 0 Å². The number of nitro benzene ring substituents is 1. The van der Waals surface area contributed by atoms with Crippen molar-refractivity contribution >= 4 is 56.4 Å². The van der Waals surface area contributed by atoms with Gasteiger partial charge >= 0.3 is 0 Å². The van der Waals surface area contributed by atoms with Gasteiger partial charge in [0.2, 0.25) is 0 Å². The monoisotopic (exact) mass is 936 g/mol. The largest absolute Gasteiger partial charge is 0.376 e. The summed E-state index contributed by atoms with van der Waals surface area (Å²) in [5, 5.41) is 18.8. The van der Waals surface area contributed by atoms with Crippen LogP contribution in [0, 0.1) is 10.1 Å². The van der Waals surface area contributed by atoms with E-state index < -0.39 is 20.9 Å². The highest BCUT2D eigenvalue weighted by Crippen LogP contribution is 2.35. The van der Waals surface area contributed by atoms with Crippen LogP contribution >= 0.6 is 23.4 Å². The predicted octanol–water partition coefficient (Wildman–Crippen LogP) is 8.16. The van der Waals surface area contributed by atoms with Gasteiger partial charge < -0.3 is 15.1 Å². The van der Waals surface area contributed by atoms with Gasteiger partial charge in [0.15, 0.2) is 0 Å². The molecule has 3 aliphatic heterocycles. The van der Waals surface area contributed by atoms with Crippen molar-refractivity contribution in [2.24, 2.45) is 0 Å². The van der Waals surface area contributed by atoms with Crippen molar-refractivity contribution < 1.29 is 18.1 Å². The normalized spacial score (nSPS) is 17.6. The van der Waals surface area contributed by atoms with E-state index in [1.165, 1.54) is 23.3 Å². The van der Waals surface area contributed by atoms with Crippen molar-refractivity contribution in [3.63, 3.8) is 0 Å². The fourth-order valence-corrected chi connectivity index (χ4v) is 11.2. The summed E-state index contributed by atoms with van der Waals surface area (Å²) < 4.78 is 29.6. The standard InChI is InChI=1S/C49H57ClN8O5S2/c1-35(2)52-56-27-24-54(25-28-56)23-22-41(34-64-43-9-4-3-5-10-43)51-46-20-19-44(31-48(46)58(60)61)65(62,63)53-49(59)38-15-21-47-37(30-38)14-18-42-33-55(26-29-57(42)47)32-39-8-6-7-11-45(39)36-12-16-40(50)17-13-36/h3-13,15-17,19-21,30-31,35,41-42,51-52H,14,18,22-29,32-34H2,1-2H3,(H,53,59)/t41-,42-/m1/s1. The summed E-state index contributed by atoms with van der Waals surface area (Å²) in [6, 6.07) is 36.1. The molecular formula is C49H57ClN8O5S2. The number of hydrogen-bond donors (Lipinski definition) is 3. The predicted molar refractivity (Wildman–Crippen MR) is 261 cm³/mol. The molecule has 5 aromatic rings. The number of nitro groups is 1. The highest BCUT2D eigenvalue weighted by atomic mass is 35.5. The van der Waals surface area contributed by atoms with E-state index in [0.717, 1.165) is 106 Å². The molecular weight excluding hydrogens is 880 g/mol. The Hall–Kier alpha value is -5.00. The van der Waals surface area contributed by atoms with Crippen molar-refractivity contribution in [1.82, 2.24) is 25.0 Å². The number of carbonyl (C=O) groups is 1. The van der Waals surface area contributed by atoms with Gasteiger partial charge in [0.05, 0.1) is 9.82 Å². The molecule has 65 heavy (non-hydrogen) atoms. The molecule has 2 saturated heterocycles. The molecule has 2 atom stereocenters. The molecule has 0 bridgehead atoms. The lowest BCUT2D eigenvalue weighted by Crippen LogP contribution is -2.54. The summed E-state index contributed by atoms with van der Waals surface area (Å²) in [6.07, 6.45) is 2.37. The first-order valence-electron chi connectivity index (χ1n) is 22.4. The lowest BCUT2D eigenvalue weighted by Gasteiger charge is -2.46. The molecule has 0 spiro atoms. The zero-order chi connectivity index (χ0) is 45.5. The van der Waals surface area contributed by atoms with Gasteiger partial charge in [-0.1, -0.05) is 66.2 Å². The molecule has 0 radical (unpaired) electrons. The summed E-state index contributed by atoms with van der Waals surface area (Å²) in [4.78, 5) is 33.5. The summed E-state index contributed by atoms with van der Waals surface area (Å²) in [7, 11) is -4.46. The summed E-state index contributed by atoms with van der Waals surface area (Å²) in [6.45, 7) is 12.1. The van der Waals surface area contributed by atoms with Gasteiger partial charge in [0, 0.05) is 110 Å². The number of hydrogen-bond acceptors (Lipinski definition) is 12. The van der Waals surface area contributed by atoms with E-state index in [1.807, 2.05) is 48.5 Å². The van der Waals surface area contributed by atoms with Crippen LogP contribution in [0.4, 0.5) is 17.1 Å². The Morgan fingerprint density at radius 1 is 0.877 bits per heavy atom. The number of halogens is 1. The number of nitrogens with one attached hydrogen (secondary N) is 3. The molecule has 1 amide bonds. The minimum Gasteiger partial charge on any atom is -0.376 e.